The third-order valence-corrected chi connectivity index (χ3v) is 8.34. The van der Waals surface area contributed by atoms with Gasteiger partial charge in [0.1, 0.15) is 23.9 Å². The van der Waals surface area contributed by atoms with Crippen LogP contribution in [0.2, 0.25) is 0 Å². The monoisotopic (exact) mass is 607 g/mol. The Kier molecular flexibility index (Phi) is 8.14. The number of benzene rings is 4. The predicted molar refractivity (Wildman–Crippen MR) is 160 cm³/mol. The summed E-state index contributed by atoms with van der Waals surface area (Å²) in [6.07, 6.45) is -1.52. The van der Waals surface area contributed by atoms with Gasteiger partial charge in [0.05, 0.1) is 0 Å². The van der Waals surface area contributed by atoms with Gasteiger partial charge in [0, 0.05) is 27.6 Å². The number of esters is 1. The second-order valence-electron chi connectivity index (χ2n) is 10.3. The number of hydrogen-bond donors (Lipinski definition) is 1. The second-order valence-corrected chi connectivity index (χ2v) is 11.3. The van der Waals surface area contributed by atoms with E-state index in [-0.39, 0.29) is 5.39 Å². The first kappa shape index (κ1) is 28.8. The summed E-state index contributed by atoms with van der Waals surface area (Å²) in [5.41, 5.74) is 1.49. The second kappa shape index (κ2) is 12.1. The van der Waals surface area contributed by atoms with E-state index in [1.165, 1.54) is 37.5 Å². The summed E-state index contributed by atoms with van der Waals surface area (Å²) >= 11 is 1.61. The number of thiophene rings is 1. The van der Waals surface area contributed by atoms with Gasteiger partial charge < -0.3 is 19.3 Å². The number of hydrogen-bond acceptors (Lipinski definition) is 7. The minimum Gasteiger partial charge on any atom is -0.504 e. The number of phenolic OH excluding ortho intramolecular Hbond substituents is 1. The van der Waals surface area contributed by atoms with Gasteiger partial charge in [-0.3, -0.25) is 4.90 Å². The average Bonchev–Trinajstić information content (AvgIpc) is 3.48. The highest BCUT2D eigenvalue weighted by Crippen LogP contribution is 2.46. The predicted octanol–water partition coefficient (Wildman–Crippen LogP) is 8.55. The number of carbonyl (C=O) groups excluding carboxylic acids is 1. The molecule has 222 valence electrons. The van der Waals surface area contributed by atoms with Crippen LogP contribution in [0, 0.1) is 0 Å². The van der Waals surface area contributed by atoms with Crippen LogP contribution in [0.3, 0.4) is 0 Å². The van der Waals surface area contributed by atoms with Crippen molar-refractivity contribution in [2.75, 3.05) is 26.2 Å². The fraction of sp³-hybridized carbons (Fsp3) is 0.242. The van der Waals surface area contributed by atoms with E-state index in [2.05, 4.69) is 9.64 Å². The van der Waals surface area contributed by atoms with Crippen molar-refractivity contribution in [3.8, 4) is 39.9 Å². The fourth-order valence-corrected chi connectivity index (χ4v) is 6.04. The third-order valence-electron chi connectivity index (χ3n) is 7.44. The Morgan fingerprint density at radius 1 is 0.860 bits per heavy atom. The highest BCUT2D eigenvalue weighted by Gasteiger charge is 2.42. The number of rotatable bonds is 8. The number of ether oxygens (including phenoxy) is 3. The van der Waals surface area contributed by atoms with Crippen LogP contribution in [0.5, 0.6) is 28.7 Å². The quantitative estimate of drug-likeness (QED) is 0.141. The maximum Gasteiger partial charge on any atom is 0.491 e. The van der Waals surface area contributed by atoms with Gasteiger partial charge in [-0.25, -0.2) is 4.79 Å². The van der Waals surface area contributed by atoms with E-state index < -0.39 is 23.6 Å². The molecule has 0 bridgehead atoms. The van der Waals surface area contributed by atoms with Crippen LogP contribution in [-0.2, 0) is 4.79 Å². The molecule has 2 heterocycles. The molecule has 6 rings (SSSR count). The third kappa shape index (κ3) is 6.40. The van der Waals surface area contributed by atoms with Crippen LogP contribution in [-0.4, -0.2) is 48.4 Å². The minimum absolute atomic E-state index is 0.0885. The first-order valence-electron chi connectivity index (χ1n) is 13.9. The normalized spacial score (nSPS) is 14.2. The molecule has 1 saturated heterocycles. The molecule has 0 spiro atoms. The molecule has 4 aromatic carbocycles. The van der Waals surface area contributed by atoms with Crippen molar-refractivity contribution in [1.82, 2.24) is 4.90 Å². The molecule has 1 N–H and O–H groups in total. The van der Waals surface area contributed by atoms with Crippen molar-refractivity contribution in [3.05, 3.63) is 78.2 Å². The van der Waals surface area contributed by atoms with Crippen LogP contribution >= 0.6 is 11.3 Å². The number of piperidine rings is 1. The number of aromatic hydroxyl groups is 1. The highest BCUT2D eigenvalue weighted by molar-refractivity contribution is 7.17. The summed E-state index contributed by atoms with van der Waals surface area (Å²) in [6, 6.07) is 20.9. The zero-order valence-corrected chi connectivity index (χ0v) is 23.8. The molecule has 1 aromatic heterocycles. The smallest absolute Gasteiger partial charge is 0.491 e. The largest absolute Gasteiger partial charge is 0.504 e. The van der Waals surface area contributed by atoms with Crippen molar-refractivity contribution in [3.63, 3.8) is 0 Å². The molecule has 0 radical (unpaired) electrons. The van der Waals surface area contributed by atoms with Crippen LogP contribution in [0.25, 0.3) is 32.0 Å². The first-order chi connectivity index (χ1) is 20.8. The molecule has 1 fully saturated rings. The van der Waals surface area contributed by atoms with Gasteiger partial charge in [0.25, 0.3) is 0 Å². The summed E-state index contributed by atoms with van der Waals surface area (Å²) < 4.78 is 57.2. The molecule has 0 unspecified atom stereocenters. The molecule has 1 aliphatic rings. The molecule has 6 nitrogen and oxygen atoms in total. The van der Waals surface area contributed by atoms with Gasteiger partial charge in [0.15, 0.2) is 11.5 Å². The van der Waals surface area contributed by atoms with E-state index in [1.807, 2.05) is 29.6 Å². The van der Waals surface area contributed by atoms with Crippen LogP contribution in [0.4, 0.5) is 13.2 Å². The van der Waals surface area contributed by atoms with Crippen molar-refractivity contribution in [2.45, 2.75) is 25.4 Å². The topological polar surface area (TPSA) is 68.2 Å². The lowest BCUT2D eigenvalue weighted by Gasteiger charge is -2.26. The van der Waals surface area contributed by atoms with E-state index in [9.17, 15) is 23.1 Å². The Balaban J connectivity index is 1.34. The Hall–Kier alpha value is -4.28. The molecule has 5 aromatic rings. The van der Waals surface area contributed by atoms with Gasteiger partial charge in [-0.2, -0.15) is 13.2 Å². The van der Waals surface area contributed by atoms with Crippen LogP contribution < -0.4 is 14.2 Å². The zero-order chi connectivity index (χ0) is 30.0. The molecular formula is C33H28F3NO5S. The average molecular weight is 608 g/mol. The maximum atomic E-state index is 13.0. The van der Waals surface area contributed by atoms with Crippen molar-refractivity contribution in [1.29, 1.82) is 0 Å². The number of nitrogens with zero attached hydrogens (tertiary/aromatic N) is 1. The molecule has 0 atom stereocenters. The number of fused-ring (bicyclic) bond motifs is 2. The van der Waals surface area contributed by atoms with E-state index in [0.717, 1.165) is 35.3 Å². The van der Waals surface area contributed by atoms with Gasteiger partial charge in [-0.05, 0) is 109 Å². The molecule has 0 saturated carbocycles. The number of alkyl halides is 3. The molecular weight excluding hydrogens is 579 g/mol. The van der Waals surface area contributed by atoms with Gasteiger partial charge >= 0.3 is 12.1 Å². The Bertz CT molecular complexity index is 1760. The van der Waals surface area contributed by atoms with Crippen molar-refractivity contribution in [2.24, 2.45) is 0 Å². The van der Waals surface area contributed by atoms with Crippen LogP contribution in [0.15, 0.2) is 78.2 Å². The van der Waals surface area contributed by atoms with Gasteiger partial charge in [0.2, 0.25) is 0 Å². The lowest BCUT2D eigenvalue weighted by Crippen LogP contribution is -2.33. The summed E-state index contributed by atoms with van der Waals surface area (Å²) in [6.45, 7) is 3.62. The lowest BCUT2D eigenvalue weighted by atomic mass is 9.98. The van der Waals surface area contributed by atoms with E-state index in [0.29, 0.717) is 34.8 Å². The van der Waals surface area contributed by atoms with E-state index in [1.54, 1.807) is 41.7 Å². The van der Waals surface area contributed by atoms with Crippen molar-refractivity contribution < 1.29 is 37.3 Å². The van der Waals surface area contributed by atoms with E-state index in [4.69, 9.17) is 9.47 Å². The Labute approximate surface area is 249 Å². The number of halogens is 3. The van der Waals surface area contributed by atoms with Crippen molar-refractivity contribution >= 4 is 38.2 Å². The van der Waals surface area contributed by atoms with Crippen LogP contribution in [0.1, 0.15) is 19.3 Å². The zero-order valence-electron chi connectivity index (χ0n) is 23.0. The molecule has 43 heavy (non-hydrogen) atoms. The first-order valence-corrected chi connectivity index (χ1v) is 14.8. The summed E-state index contributed by atoms with van der Waals surface area (Å²) in [4.78, 5) is 14.1. The number of carbonyl (C=O) groups is 1. The number of likely N-dealkylation sites (tertiary alicyclic amines) is 1. The maximum absolute atomic E-state index is 13.0. The fourth-order valence-electron chi connectivity index (χ4n) is 5.27. The highest BCUT2D eigenvalue weighted by atomic mass is 32.1. The SMILES string of the molecule is O=C(Oc1c(O)ccc2c(Oc3ccc(OCCN4CCCCC4)cc3)c(-c3ccc4sccc4c3)ccc12)C(F)(F)F. The Morgan fingerprint density at radius 3 is 2.35 bits per heavy atom. The molecule has 0 amide bonds. The van der Waals surface area contributed by atoms with Gasteiger partial charge in [-0.1, -0.05) is 12.5 Å². The lowest BCUT2D eigenvalue weighted by molar-refractivity contribution is -0.189. The standard InChI is InChI=1S/C33H28F3NO5S/c34-33(35,36)32(39)42-31-27-10-9-25(21-4-13-29-22(20-21)14-19-43-29)30(26(27)11-12-28(31)38)41-24-7-5-23(6-8-24)40-18-17-37-15-2-1-3-16-37/h4-14,19-20,38H,1-3,15-18H2. The summed E-state index contributed by atoms with van der Waals surface area (Å²) in [7, 11) is 0. The van der Waals surface area contributed by atoms with E-state index >= 15 is 0 Å². The number of phenols is 1. The minimum atomic E-state index is -5.23. The molecule has 10 heteroatoms. The van der Waals surface area contributed by atoms with Gasteiger partial charge in [-0.15, -0.1) is 11.3 Å². The summed E-state index contributed by atoms with van der Waals surface area (Å²) in [5.74, 6) is -2.14. The summed E-state index contributed by atoms with van der Waals surface area (Å²) in [5, 5.41) is 13.8. The molecule has 0 aliphatic carbocycles. The molecule has 1 aliphatic heterocycles. The Morgan fingerprint density at radius 2 is 1.58 bits per heavy atom.